The average molecular weight is 285 g/mol. The van der Waals surface area contributed by atoms with Crippen LogP contribution in [-0.4, -0.2) is 12.6 Å². The summed E-state index contributed by atoms with van der Waals surface area (Å²) in [6.45, 7) is 7.82. The van der Waals surface area contributed by atoms with Crippen LogP contribution in [0, 0.1) is 13.8 Å². The Morgan fingerprint density at radius 2 is 2.00 bits per heavy atom. The van der Waals surface area contributed by atoms with E-state index in [2.05, 4.69) is 50.4 Å². The zero-order chi connectivity index (χ0) is 15.1. The van der Waals surface area contributed by atoms with Gasteiger partial charge in [0, 0.05) is 6.04 Å². The molecule has 2 rings (SSSR count). The molecule has 1 aromatic rings. The second kappa shape index (κ2) is 8.38. The van der Waals surface area contributed by atoms with E-state index in [1.165, 1.54) is 55.2 Å². The van der Waals surface area contributed by atoms with Gasteiger partial charge in [0.05, 0.1) is 0 Å². The van der Waals surface area contributed by atoms with Crippen LogP contribution in [0.4, 0.5) is 0 Å². The van der Waals surface area contributed by atoms with Crippen LogP contribution in [-0.2, 0) is 6.42 Å². The molecule has 1 aromatic carbocycles. The van der Waals surface area contributed by atoms with Gasteiger partial charge in [-0.1, -0.05) is 42.3 Å². The molecular weight excluding hydrogens is 254 g/mol. The first-order valence-corrected chi connectivity index (χ1v) is 8.66. The van der Waals surface area contributed by atoms with Crippen molar-refractivity contribution >= 4 is 0 Å². The molecule has 0 fully saturated rings. The predicted molar refractivity (Wildman–Crippen MR) is 92.9 cm³/mol. The molecule has 21 heavy (non-hydrogen) atoms. The zero-order valence-corrected chi connectivity index (χ0v) is 14.0. The molecule has 1 aliphatic rings. The van der Waals surface area contributed by atoms with E-state index < -0.39 is 0 Å². The summed E-state index contributed by atoms with van der Waals surface area (Å²) < 4.78 is 0. The van der Waals surface area contributed by atoms with Crippen LogP contribution < -0.4 is 5.32 Å². The highest BCUT2D eigenvalue weighted by atomic mass is 14.9. The lowest BCUT2D eigenvalue weighted by atomic mass is 9.90. The maximum atomic E-state index is 3.77. The smallest absolute Gasteiger partial charge is 0.0145 e. The Kier molecular flexibility index (Phi) is 6.50. The minimum absolute atomic E-state index is 0.592. The molecule has 1 unspecified atom stereocenters. The maximum Gasteiger partial charge on any atom is 0.0145 e. The van der Waals surface area contributed by atoms with Crippen molar-refractivity contribution in [3.63, 3.8) is 0 Å². The number of rotatable bonds is 7. The topological polar surface area (TPSA) is 12.0 Å². The third-order valence-electron chi connectivity index (χ3n) is 4.55. The average Bonchev–Trinajstić information content (AvgIpc) is 2.49. The van der Waals surface area contributed by atoms with Crippen LogP contribution in [0.15, 0.2) is 29.8 Å². The number of nitrogens with one attached hydrogen (secondary N) is 1. The Morgan fingerprint density at radius 1 is 1.14 bits per heavy atom. The van der Waals surface area contributed by atoms with Crippen molar-refractivity contribution in [1.82, 2.24) is 5.32 Å². The third-order valence-corrected chi connectivity index (χ3v) is 4.55. The summed E-state index contributed by atoms with van der Waals surface area (Å²) >= 11 is 0. The van der Waals surface area contributed by atoms with E-state index in [9.17, 15) is 0 Å². The largest absolute Gasteiger partial charge is 0.313 e. The highest BCUT2D eigenvalue weighted by Crippen LogP contribution is 2.23. The maximum absolute atomic E-state index is 3.77. The Morgan fingerprint density at radius 3 is 2.71 bits per heavy atom. The summed E-state index contributed by atoms with van der Waals surface area (Å²) in [5.74, 6) is 0. The summed E-state index contributed by atoms with van der Waals surface area (Å²) in [5.41, 5.74) is 6.00. The molecule has 0 saturated carbocycles. The monoisotopic (exact) mass is 285 g/mol. The molecule has 0 saturated heterocycles. The van der Waals surface area contributed by atoms with Crippen LogP contribution in [0.2, 0.25) is 0 Å². The Hall–Kier alpha value is -1.08. The van der Waals surface area contributed by atoms with Gasteiger partial charge in [-0.25, -0.2) is 0 Å². The molecule has 1 aliphatic carbocycles. The molecule has 0 heterocycles. The predicted octanol–water partition coefficient (Wildman–Crippen LogP) is 5.10. The van der Waals surface area contributed by atoms with E-state index in [-0.39, 0.29) is 0 Å². The number of hydrogen-bond donors (Lipinski definition) is 1. The van der Waals surface area contributed by atoms with Crippen LogP contribution in [0.3, 0.4) is 0 Å². The van der Waals surface area contributed by atoms with Gasteiger partial charge in [0.15, 0.2) is 0 Å². The lowest BCUT2D eigenvalue weighted by Gasteiger charge is -2.23. The van der Waals surface area contributed by atoms with Gasteiger partial charge in [0.2, 0.25) is 0 Å². The van der Waals surface area contributed by atoms with Gasteiger partial charge < -0.3 is 5.32 Å². The van der Waals surface area contributed by atoms with Crippen LogP contribution in [0.1, 0.15) is 62.1 Å². The Balaban J connectivity index is 2.04. The lowest BCUT2D eigenvalue weighted by molar-refractivity contribution is 0.489. The summed E-state index contributed by atoms with van der Waals surface area (Å²) in [7, 11) is 0. The van der Waals surface area contributed by atoms with E-state index in [1.54, 1.807) is 5.57 Å². The molecule has 0 amide bonds. The van der Waals surface area contributed by atoms with Gasteiger partial charge in [-0.05, 0) is 76.5 Å². The first-order chi connectivity index (χ1) is 10.2. The van der Waals surface area contributed by atoms with E-state index in [0.717, 1.165) is 13.0 Å². The summed E-state index contributed by atoms with van der Waals surface area (Å²) in [4.78, 5) is 0. The van der Waals surface area contributed by atoms with E-state index >= 15 is 0 Å². The highest BCUT2D eigenvalue weighted by molar-refractivity contribution is 5.31. The SMILES string of the molecule is CCCNC(CC1=CCCCC1)Cc1cc(C)ccc1C. The van der Waals surface area contributed by atoms with Gasteiger partial charge >= 0.3 is 0 Å². The van der Waals surface area contributed by atoms with Crippen molar-refractivity contribution in [2.24, 2.45) is 0 Å². The number of aryl methyl sites for hydroxylation is 2. The molecule has 0 bridgehead atoms. The van der Waals surface area contributed by atoms with Crippen molar-refractivity contribution in [2.45, 2.75) is 71.8 Å². The van der Waals surface area contributed by atoms with Gasteiger partial charge in [0.25, 0.3) is 0 Å². The van der Waals surface area contributed by atoms with Crippen molar-refractivity contribution in [3.05, 3.63) is 46.5 Å². The number of hydrogen-bond acceptors (Lipinski definition) is 1. The fourth-order valence-corrected chi connectivity index (χ4v) is 3.26. The minimum atomic E-state index is 0.592. The van der Waals surface area contributed by atoms with Crippen molar-refractivity contribution < 1.29 is 0 Å². The zero-order valence-electron chi connectivity index (χ0n) is 14.0. The van der Waals surface area contributed by atoms with Crippen molar-refractivity contribution in [1.29, 1.82) is 0 Å². The Labute approximate surface area is 130 Å². The summed E-state index contributed by atoms with van der Waals surface area (Å²) in [5, 5.41) is 3.77. The first-order valence-electron chi connectivity index (χ1n) is 8.66. The summed E-state index contributed by atoms with van der Waals surface area (Å²) in [6.07, 6.45) is 11.5. The molecule has 0 radical (unpaired) electrons. The molecule has 0 aliphatic heterocycles. The third kappa shape index (κ3) is 5.32. The fraction of sp³-hybridized carbons (Fsp3) is 0.600. The molecule has 1 nitrogen and oxygen atoms in total. The minimum Gasteiger partial charge on any atom is -0.313 e. The van der Waals surface area contributed by atoms with Gasteiger partial charge in [-0.15, -0.1) is 0 Å². The second-order valence-corrected chi connectivity index (χ2v) is 6.60. The molecule has 1 N–H and O–H groups in total. The van der Waals surface area contributed by atoms with Gasteiger partial charge in [0.1, 0.15) is 0 Å². The normalized spacial score (nSPS) is 16.6. The molecule has 0 spiro atoms. The summed E-state index contributed by atoms with van der Waals surface area (Å²) in [6, 6.07) is 7.44. The second-order valence-electron chi connectivity index (χ2n) is 6.60. The molecular formula is C20H31N. The quantitative estimate of drug-likeness (QED) is 0.687. The number of benzene rings is 1. The standard InChI is InChI=1S/C20H31N/c1-4-12-21-20(14-18-8-6-5-7-9-18)15-19-13-16(2)10-11-17(19)3/h8,10-11,13,20-21H,4-7,9,12,14-15H2,1-3H3. The molecule has 116 valence electrons. The van der Waals surface area contributed by atoms with Crippen LogP contribution in [0.25, 0.3) is 0 Å². The van der Waals surface area contributed by atoms with E-state index in [1.807, 2.05) is 0 Å². The van der Waals surface area contributed by atoms with Crippen LogP contribution >= 0.6 is 0 Å². The highest BCUT2D eigenvalue weighted by Gasteiger charge is 2.14. The molecule has 0 aromatic heterocycles. The molecule has 1 heteroatoms. The Bertz CT molecular complexity index is 473. The molecule has 1 atom stereocenters. The lowest BCUT2D eigenvalue weighted by Crippen LogP contribution is -2.32. The van der Waals surface area contributed by atoms with Crippen molar-refractivity contribution in [2.75, 3.05) is 6.54 Å². The fourth-order valence-electron chi connectivity index (χ4n) is 3.26. The van der Waals surface area contributed by atoms with Gasteiger partial charge in [-0.3, -0.25) is 0 Å². The number of allylic oxidation sites excluding steroid dienone is 1. The van der Waals surface area contributed by atoms with E-state index in [0.29, 0.717) is 6.04 Å². The van der Waals surface area contributed by atoms with E-state index in [4.69, 9.17) is 0 Å². The van der Waals surface area contributed by atoms with Crippen LogP contribution in [0.5, 0.6) is 0 Å². The van der Waals surface area contributed by atoms with Gasteiger partial charge in [-0.2, -0.15) is 0 Å². The first kappa shape index (κ1) is 16.3. The van der Waals surface area contributed by atoms with Crippen molar-refractivity contribution in [3.8, 4) is 0 Å².